The second-order valence-electron chi connectivity index (χ2n) is 7.71. The molecule has 4 aliphatic rings. The molecule has 5 unspecified atom stereocenters. The number of methoxy groups -OCH3 is 1. The van der Waals surface area contributed by atoms with Gasteiger partial charge in [0.25, 0.3) is 0 Å². The van der Waals surface area contributed by atoms with Crippen LogP contribution >= 0.6 is 0 Å². The summed E-state index contributed by atoms with van der Waals surface area (Å²) < 4.78 is 32.8. The van der Waals surface area contributed by atoms with Crippen LogP contribution in [0.15, 0.2) is 59.2 Å². The number of hydrogen-bond donors (Lipinski definition) is 0. The summed E-state index contributed by atoms with van der Waals surface area (Å²) in [5.41, 5.74) is 2.37. The lowest BCUT2D eigenvalue weighted by atomic mass is 9.95. The van der Waals surface area contributed by atoms with Crippen molar-refractivity contribution >= 4 is 11.9 Å². The summed E-state index contributed by atoms with van der Waals surface area (Å²) in [5.74, 6) is -1.05. The molecule has 8 heteroatoms. The van der Waals surface area contributed by atoms with Crippen molar-refractivity contribution in [2.24, 2.45) is 0 Å². The van der Waals surface area contributed by atoms with Crippen molar-refractivity contribution in [3.63, 3.8) is 0 Å². The van der Waals surface area contributed by atoms with Gasteiger partial charge in [-0.3, -0.25) is 0 Å². The van der Waals surface area contributed by atoms with Crippen molar-refractivity contribution in [1.82, 2.24) is 0 Å². The van der Waals surface area contributed by atoms with Crippen LogP contribution in [-0.2, 0) is 28.5 Å². The van der Waals surface area contributed by atoms with E-state index in [2.05, 4.69) is 6.08 Å². The summed E-state index contributed by atoms with van der Waals surface area (Å²) in [6, 6.07) is 6.43. The van der Waals surface area contributed by atoms with Crippen LogP contribution in [0.1, 0.15) is 23.7 Å². The minimum Gasteiger partial charge on any atom is -0.465 e. The van der Waals surface area contributed by atoms with Crippen molar-refractivity contribution < 1.29 is 38.0 Å². The molecule has 3 heterocycles. The molecule has 1 aromatic rings. The highest BCUT2D eigenvalue weighted by molar-refractivity contribution is 5.96. The molecule has 3 aliphatic heterocycles. The third kappa shape index (κ3) is 4.20. The smallest absolute Gasteiger partial charge is 0.342 e. The fourth-order valence-electron chi connectivity index (χ4n) is 3.66. The molecule has 162 valence electrons. The summed E-state index contributed by atoms with van der Waals surface area (Å²) in [6.45, 7) is 2.38. The van der Waals surface area contributed by atoms with E-state index in [0.717, 1.165) is 11.1 Å². The predicted octanol–water partition coefficient (Wildman–Crippen LogP) is 2.45. The zero-order chi connectivity index (χ0) is 21.5. The van der Waals surface area contributed by atoms with Gasteiger partial charge >= 0.3 is 11.9 Å². The molecule has 1 aromatic carbocycles. The average molecular weight is 426 g/mol. The standard InChI is InChI=1S/C23H22O8/c1-12-22(28-12)27-11-13-7-8-17-14(9-13)10-16(19-23(30-17)31-19)21(25)29-18-6-4-3-5-15(18)20(24)26-2/h3-7,9-10,12,17,19,22-23H,8,11H2,1-2H3. The van der Waals surface area contributed by atoms with E-state index in [1.807, 2.05) is 13.0 Å². The Morgan fingerprint density at radius 1 is 1.10 bits per heavy atom. The molecular formula is C23H22O8. The van der Waals surface area contributed by atoms with Gasteiger partial charge in [-0.25, -0.2) is 9.59 Å². The maximum absolute atomic E-state index is 13.0. The SMILES string of the molecule is COC(=O)c1ccccc1OC(=O)C1=CC2=CC(COC3OC3C)=CCC2OC2OC12. The number of carbonyl (C=O) groups is 2. The first-order valence-corrected chi connectivity index (χ1v) is 10.1. The Morgan fingerprint density at radius 2 is 1.90 bits per heavy atom. The first-order valence-electron chi connectivity index (χ1n) is 10.1. The number of epoxide rings is 2. The molecule has 0 spiro atoms. The Morgan fingerprint density at radius 3 is 2.68 bits per heavy atom. The van der Waals surface area contributed by atoms with Gasteiger partial charge in [0.2, 0.25) is 0 Å². The highest BCUT2D eigenvalue weighted by Gasteiger charge is 2.50. The van der Waals surface area contributed by atoms with Crippen molar-refractivity contribution in [1.29, 1.82) is 0 Å². The molecule has 0 radical (unpaired) electrons. The van der Waals surface area contributed by atoms with Gasteiger partial charge in [0.1, 0.15) is 23.5 Å². The lowest BCUT2D eigenvalue weighted by molar-refractivity contribution is -0.130. The number of para-hydroxylation sites is 1. The van der Waals surface area contributed by atoms with Gasteiger partial charge in [-0.05, 0) is 42.7 Å². The molecule has 0 N–H and O–H groups in total. The van der Waals surface area contributed by atoms with E-state index in [9.17, 15) is 9.59 Å². The Labute approximate surface area is 179 Å². The molecule has 2 fully saturated rings. The molecule has 8 nitrogen and oxygen atoms in total. The lowest BCUT2D eigenvalue weighted by Gasteiger charge is -2.21. The number of ether oxygens (including phenoxy) is 6. The quantitative estimate of drug-likeness (QED) is 0.389. The topological polar surface area (TPSA) is 96.1 Å². The molecule has 5 rings (SSSR count). The van der Waals surface area contributed by atoms with Crippen LogP contribution in [0.2, 0.25) is 0 Å². The molecule has 0 bridgehead atoms. The Balaban J connectivity index is 1.35. The maximum Gasteiger partial charge on any atom is 0.342 e. The van der Waals surface area contributed by atoms with Gasteiger partial charge in [-0.2, -0.15) is 0 Å². The van der Waals surface area contributed by atoms with Crippen molar-refractivity contribution in [2.45, 2.75) is 44.2 Å². The van der Waals surface area contributed by atoms with Crippen LogP contribution in [0.5, 0.6) is 5.75 Å². The van der Waals surface area contributed by atoms with E-state index in [-0.39, 0.29) is 29.8 Å². The Hall–Kier alpha value is -2.78. The highest BCUT2D eigenvalue weighted by atomic mass is 16.8. The average Bonchev–Trinajstić information content (AvgIpc) is 3.68. The predicted molar refractivity (Wildman–Crippen MR) is 106 cm³/mol. The number of esters is 2. The molecule has 5 atom stereocenters. The normalized spacial score (nSPS) is 30.5. The van der Waals surface area contributed by atoms with Gasteiger partial charge in [0.15, 0.2) is 12.6 Å². The Kier molecular flexibility index (Phi) is 5.23. The zero-order valence-corrected chi connectivity index (χ0v) is 17.1. The first-order chi connectivity index (χ1) is 15.0. The number of benzene rings is 1. The van der Waals surface area contributed by atoms with Gasteiger partial charge in [-0.15, -0.1) is 0 Å². The molecule has 0 aromatic heterocycles. The van der Waals surface area contributed by atoms with E-state index in [1.165, 1.54) is 13.2 Å². The van der Waals surface area contributed by atoms with Gasteiger partial charge < -0.3 is 28.4 Å². The number of rotatable bonds is 6. The summed E-state index contributed by atoms with van der Waals surface area (Å²) in [4.78, 5) is 24.9. The molecule has 0 amide bonds. The van der Waals surface area contributed by atoms with Crippen LogP contribution in [0.3, 0.4) is 0 Å². The summed E-state index contributed by atoms with van der Waals surface area (Å²) in [5, 5.41) is 0. The lowest BCUT2D eigenvalue weighted by Crippen LogP contribution is -2.19. The maximum atomic E-state index is 13.0. The van der Waals surface area contributed by atoms with Crippen LogP contribution < -0.4 is 4.74 Å². The Bertz CT molecular complexity index is 1010. The third-order valence-corrected chi connectivity index (χ3v) is 5.50. The summed E-state index contributed by atoms with van der Waals surface area (Å²) >= 11 is 0. The van der Waals surface area contributed by atoms with E-state index in [1.54, 1.807) is 24.3 Å². The second kappa shape index (κ2) is 8.05. The van der Waals surface area contributed by atoms with Crippen molar-refractivity contribution in [2.75, 3.05) is 13.7 Å². The van der Waals surface area contributed by atoms with Gasteiger partial charge in [0.05, 0.1) is 25.4 Å². The second-order valence-corrected chi connectivity index (χ2v) is 7.71. The van der Waals surface area contributed by atoms with Crippen molar-refractivity contribution in [3.8, 4) is 5.75 Å². The third-order valence-electron chi connectivity index (χ3n) is 5.50. The molecule has 31 heavy (non-hydrogen) atoms. The zero-order valence-electron chi connectivity index (χ0n) is 17.1. The molecule has 1 aliphatic carbocycles. The van der Waals surface area contributed by atoms with Crippen LogP contribution in [0.4, 0.5) is 0 Å². The minimum absolute atomic E-state index is 0.129. The fraction of sp³-hybridized carbons (Fsp3) is 0.391. The van der Waals surface area contributed by atoms with Crippen LogP contribution in [0, 0.1) is 0 Å². The number of fused-ring (bicyclic) bond motifs is 2. The fourth-order valence-corrected chi connectivity index (χ4v) is 3.66. The van der Waals surface area contributed by atoms with E-state index < -0.39 is 24.3 Å². The number of carbonyl (C=O) groups excluding carboxylic acids is 2. The highest BCUT2D eigenvalue weighted by Crippen LogP contribution is 2.40. The minimum atomic E-state index is -0.596. The summed E-state index contributed by atoms with van der Waals surface area (Å²) in [7, 11) is 1.27. The molecular weight excluding hydrogens is 404 g/mol. The largest absolute Gasteiger partial charge is 0.465 e. The monoisotopic (exact) mass is 426 g/mol. The van der Waals surface area contributed by atoms with Crippen LogP contribution in [-0.4, -0.2) is 56.5 Å². The molecule has 0 saturated carbocycles. The molecule has 2 saturated heterocycles. The van der Waals surface area contributed by atoms with Crippen LogP contribution in [0.25, 0.3) is 0 Å². The van der Waals surface area contributed by atoms with E-state index >= 15 is 0 Å². The van der Waals surface area contributed by atoms with Gasteiger partial charge in [0, 0.05) is 0 Å². The first kappa shape index (κ1) is 20.1. The summed E-state index contributed by atoms with van der Waals surface area (Å²) in [6.07, 6.45) is 5.22. The van der Waals surface area contributed by atoms with E-state index in [0.29, 0.717) is 18.6 Å². The van der Waals surface area contributed by atoms with E-state index in [4.69, 9.17) is 28.4 Å². The van der Waals surface area contributed by atoms with Crippen molar-refractivity contribution in [3.05, 3.63) is 64.8 Å². The van der Waals surface area contributed by atoms with Gasteiger partial charge in [-0.1, -0.05) is 24.3 Å². The number of hydrogen-bond acceptors (Lipinski definition) is 8.